The molecule has 13 heavy (non-hydrogen) atoms. The van der Waals surface area contributed by atoms with E-state index in [0.29, 0.717) is 0 Å². The Hall–Kier alpha value is -0.930. The van der Waals surface area contributed by atoms with E-state index in [1.807, 2.05) is 0 Å². The number of hydrogen-bond acceptors (Lipinski definition) is 2. The first kappa shape index (κ1) is 10.2. The fourth-order valence-electron chi connectivity index (χ4n) is 1.34. The highest BCUT2D eigenvalue weighted by molar-refractivity contribution is 5.81. The zero-order valence-electron chi connectivity index (χ0n) is 7.26. The average Bonchev–Trinajstić information content (AvgIpc) is 2.08. The molecule has 0 saturated heterocycles. The number of hydrogen-bond donors (Lipinski definition) is 0. The molecule has 0 aliphatic heterocycles. The molecule has 0 bridgehead atoms. The molecule has 1 saturated carbocycles. The highest BCUT2D eigenvalue weighted by atomic mass is 19.3. The van der Waals surface area contributed by atoms with Gasteiger partial charge in [-0.3, -0.25) is 0 Å². The van der Waals surface area contributed by atoms with Crippen LogP contribution in [0.15, 0.2) is 12.7 Å². The van der Waals surface area contributed by atoms with Crippen LogP contribution in [0.1, 0.15) is 25.7 Å². The van der Waals surface area contributed by atoms with E-state index >= 15 is 0 Å². The number of alkyl halides is 2. The van der Waals surface area contributed by atoms with E-state index in [0.717, 1.165) is 6.08 Å². The van der Waals surface area contributed by atoms with Crippen molar-refractivity contribution in [3.63, 3.8) is 0 Å². The second kappa shape index (κ2) is 3.85. The lowest BCUT2D eigenvalue weighted by Crippen LogP contribution is -2.30. The second-order valence-electron chi connectivity index (χ2n) is 3.20. The third-order valence-corrected chi connectivity index (χ3v) is 2.11. The molecule has 0 amide bonds. The molecule has 1 rings (SSSR count). The van der Waals surface area contributed by atoms with Crippen molar-refractivity contribution < 1.29 is 18.3 Å². The van der Waals surface area contributed by atoms with Gasteiger partial charge in [-0.25, -0.2) is 13.6 Å². The van der Waals surface area contributed by atoms with Gasteiger partial charge in [0.15, 0.2) is 0 Å². The lowest BCUT2D eigenvalue weighted by Gasteiger charge is -2.27. The zero-order valence-corrected chi connectivity index (χ0v) is 7.26. The van der Waals surface area contributed by atoms with Gasteiger partial charge in [0.1, 0.15) is 6.10 Å². The minimum Gasteiger partial charge on any atom is -0.459 e. The van der Waals surface area contributed by atoms with Gasteiger partial charge in [-0.15, -0.1) is 0 Å². The Balaban J connectivity index is 2.33. The summed E-state index contributed by atoms with van der Waals surface area (Å²) in [6, 6.07) is 0. The fraction of sp³-hybridized carbons (Fsp3) is 0.667. The average molecular weight is 190 g/mol. The summed E-state index contributed by atoms with van der Waals surface area (Å²) in [6.07, 6.45) is 0.793. The van der Waals surface area contributed by atoms with Crippen LogP contribution in [-0.4, -0.2) is 18.0 Å². The van der Waals surface area contributed by atoms with E-state index in [4.69, 9.17) is 4.74 Å². The van der Waals surface area contributed by atoms with Crippen LogP contribution in [0.25, 0.3) is 0 Å². The highest BCUT2D eigenvalue weighted by Crippen LogP contribution is 2.34. The van der Waals surface area contributed by atoms with E-state index < -0.39 is 11.9 Å². The summed E-state index contributed by atoms with van der Waals surface area (Å²) in [5.74, 6) is -3.10. The van der Waals surface area contributed by atoms with Crippen LogP contribution in [-0.2, 0) is 9.53 Å². The summed E-state index contributed by atoms with van der Waals surface area (Å²) in [5.41, 5.74) is 0. The third kappa shape index (κ3) is 3.13. The summed E-state index contributed by atoms with van der Waals surface area (Å²) >= 11 is 0. The summed E-state index contributed by atoms with van der Waals surface area (Å²) in [4.78, 5) is 10.7. The molecule has 0 aromatic rings. The highest BCUT2D eigenvalue weighted by Gasteiger charge is 2.35. The molecule has 0 heterocycles. The van der Waals surface area contributed by atoms with Gasteiger partial charge in [-0.1, -0.05) is 6.58 Å². The van der Waals surface area contributed by atoms with Gasteiger partial charge >= 0.3 is 5.97 Å². The van der Waals surface area contributed by atoms with Gasteiger partial charge in [-0.05, 0) is 12.8 Å². The van der Waals surface area contributed by atoms with E-state index in [2.05, 4.69) is 6.58 Å². The molecule has 1 aliphatic carbocycles. The Morgan fingerprint density at radius 1 is 1.46 bits per heavy atom. The predicted molar refractivity (Wildman–Crippen MR) is 43.5 cm³/mol. The number of esters is 1. The maximum atomic E-state index is 12.6. The quantitative estimate of drug-likeness (QED) is 0.493. The van der Waals surface area contributed by atoms with E-state index in [-0.39, 0.29) is 31.8 Å². The molecule has 4 heteroatoms. The Labute approximate surface area is 75.6 Å². The number of halogens is 2. The first-order valence-electron chi connectivity index (χ1n) is 4.24. The summed E-state index contributed by atoms with van der Waals surface area (Å²) in [6.45, 7) is 3.23. The van der Waals surface area contributed by atoms with Crippen LogP contribution < -0.4 is 0 Å². The molecule has 2 nitrogen and oxygen atoms in total. The zero-order chi connectivity index (χ0) is 9.90. The van der Waals surface area contributed by atoms with Crippen LogP contribution in [0.4, 0.5) is 8.78 Å². The molecule has 0 aromatic heterocycles. The molecule has 74 valence electrons. The van der Waals surface area contributed by atoms with Crippen LogP contribution in [0.2, 0.25) is 0 Å². The van der Waals surface area contributed by atoms with Crippen LogP contribution in [0.3, 0.4) is 0 Å². The number of ether oxygens (including phenoxy) is 1. The Morgan fingerprint density at radius 3 is 2.46 bits per heavy atom. The maximum absolute atomic E-state index is 12.6. The number of rotatable bonds is 2. The van der Waals surface area contributed by atoms with Gasteiger partial charge in [-0.2, -0.15) is 0 Å². The molecule has 1 fully saturated rings. The van der Waals surface area contributed by atoms with Crippen LogP contribution in [0.5, 0.6) is 0 Å². The van der Waals surface area contributed by atoms with E-state index in [1.165, 1.54) is 0 Å². The number of carbonyl (C=O) groups excluding carboxylic acids is 1. The lowest BCUT2D eigenvalue weighted by atomic mass is 9.94. The van der Waals surface area contributed by atoms with Crippen molar-refractivity contribution >= 4 is 5.97 Å². The van der Waals surface area contributed by atoms with E-state index in [1.54, 1.807) is 0 Å². The van der Waals surface area contributed by atoms with Gasteiger partial charge in [0.2, 0.25) is 5.92 Å². The van der Waals surface area contributed by atoms with Gasteiger partial charge in [0.25, 0.3) is 0 Å². The van der Waals surface area contributed by atoms with Gasteiger partial charge < -0.3 is 4.74 Å². The molecule has 0 aromatic carbocycles. The molecule has 1 aliphatic rings. The SMILES string of the molecule is C=CC(=O)OC1CCC(F)(F)CC1. The Kier molecular flexibility index (Phi) is 3.01. The third-order valence-electron chi connectivity index (χ3n) is 2.11. The first-order chi connectivity index (χ1) is 6.03. The van der Waals surface area contributed by atoms with Crippen LogP contribution in [0, 0.1) is 0 Å². The molecular weight excluding hydrogens is 178 g/mol. The fourth-order valence-corrected chi connectivity index (χ4v) is 1.34. The summed E-state index contributed by atoms with van der Waals surface area (Å²) < 4.78 is 30.1. The van der Waals surface area contributed by atoms with E-state index in [9.17, 15) is 13.6 Å². The summed E-state index contributed by atoms with van der Waals surface area (Å²) in [5, 5.41) is 0. The van der Waals surface area contributed by atoms with Crippen molar-refractivity contribution in [2.45, 2.75) is 37.7 Å². The predicted octanol–water partition coefficient (Wildman–Crippen LogP) is 2.29. The van der Waals surface area contributed by atoms with Crippen molar-refractivity contribution in [3.05, 3.63) is 12.7 Å². The van der Waals surface area contributed by atoms with Gasteiger partial charge in [0, 0.05) is 18.9 Å². The first-order valence-corrected chi connectivity index (χ1v) is 4.24. The van der Waals surface area contributed by atoms with Crippen molar-refractivity contribution in [1.82, 2.24) is 0 Å². The lowest BCUT2D eigenvalue weighted by molar-refractivity contribution is -0.149. The van der Waals surface area contributed by atoms with Crippen molar-refractivity contribution in [1.29, 1.82) is 0 Å². The largest absolute Gasteiger partial charge is 0.459 e. The van der Waals surface area contributed by atoms with Gasteiger partial charge in [0.05, 0.1) is 0 Å². The molecule has 0 N–H and O–H groups in total. The molecule has 0 spiro atoms. The monoisotopic (exact) mass is 190 g/mol. The standard InChI is InChI=1S/C9H12F2O2/c1-2-8(12)13-7-3-5-9(10,11)6-4-7/h2,7H,1,3-6H2. The molecular formula is C9H12F2O2. The smallest absolute Gasteiger partial charge is 0.330 e. The normalized spacial score (nSPS) is 22.3. The van der Waals surface area contributed by atoms with Crippen LogP contribution >= 0.6 is 0 Å². The minimum absolute atomic E-state index is 0.192. The second-order valence-corrected chi connectivity index (χ2v) is 3.20. The maximum Gasteiger partial charge on any atom is 0.330 e. The summed E-state index contributed by atoms with van der Waals surface area (Å²) in [7, 11) is 0. The van der Waals surface area contributed by atoms with Crippen molar-refractivity contribution in [3.8, 4) is 0 Å². The number of carbonyl (C=O) groups is 1. The molecule has 0 radical (unpaired) electrons. The molecule has 0 unspecified atom stereocenters. The topological polar surface area (TPSA) is 26.3 Å². The Morgan fingerprint density at radius 2 is 2.00 bits per heavy atom. The minimum atomic E-state index is -2.57. The molecule has 0 atom stereocenters. The Bertz CT molecular complexity index is 204. The van der Waals surface area contributed by atoms with Crippen molar-refractivity contribution in [2.24, 2.45) is 0 Å². The van der Waals surface area contributed by atoms with Crippen molar-refractivity contribution in [2.75, 3.05) is 0 Å².